The highest BCUT2D eigenvalue weighted by molar-refractivity contribution is 7.09. The third kappa shape index (κ3) is 4.48. The van der Waals surface area contributed by atoms with Crippen molar-refractivity contribution in [2.24, 2.45) is 5.92 Å². The molecule has 0 radical (unpaired) electrons. The van der Waals surface area contributed by atoms with E-state index in [2.05, 4.69) is 22.1 Å². The van der Waals surface area contributed by atoms with Gasteiger partial charge in [0.2, 0.25) is 5.91 Å². The van der Waals surface area contributed by atoms with E-state index >= 15 is 0 Å². The summed E-state index contributed by atoms with van der Waals surface area (Å²) < 4.78 is 0. The Hall–Kier alpha value is -0.870. The SMILES string of the molecule is O=C(CCc1cccs1)NCCC1CCNC1. The summed E-state index contributed by atoms with van der Waals surface area (Å²) in [4.78, 5) is 12.9. The Morgan fingerprint density at radius 3 is 3.24 bits per heavy atom. The van der Waals surface area contributed by atoms with E-state index in [0.29, 0.717) is 6.42 Å². The Bertz CT molecular complexity index is 331. The van der Waals surface area contributed by atoms with Crippen LogP contribution in [0.25, 0.3) is 0 Å². The maximum atomic E-state index is 11.6. The molecule has 1 fully saturated rings. The Labute approximate surface area is 107 Å². The van der Waals surface area contributed by atoms with Crippen LogP contribution in [0.15, 0.2) is 17.5 Å². The van der Waals surface area contributed by atoms with E-state index in [9.17, 15) is 4.79 Å². The minimum absolute atomic E-state index is 0.185. The minimum atomic E-state index is 0.185. The highest BCUT2D eigenvalue weighted by atomic mass is 32.1. The van der Waals surface area contributed by atoms with Crippen LogP contribution >= 0.6 is 11.3 Å². The fourth-order valence-electron chi connectivity index (χ4n) is 2.16. The van der Waals surface area contributed by atoms with Crippen LogP contribution in [0.5, 0.6) is 0 Å². The zero-order valence-corrected chi connectivity index (χ0v) is 10.9. The molecule has 1 amide bonds. The molecule has 1 aromatic heterocycles. The zero-order chi connectivity index (χ0) is 11.9. The average Bonchev–Trinajstić information content (AvgIpc) is 2.99. The van der Waals surface area contributed by atoms with Gasteiger partial charge in [-0.25, -0.2) is 0 Å². The van der Waals surface area contributed by atoms with Crippen molar-refractivity contribution in [1.82, 2.24) is 10.6 Å². The number of nitrogens with one attached hydrogen (secondary N) is 2. The van der Waals surface area contributed by atoms with E-state index in [1.54, 1.807) is 11.3 Å². The molecule has 3 nitrogen and oxygen atoms in total. The second-order valence-electron chi connectivity index (χ2n) is 4.58. The fraction of sp³-hybridized carbons (Fsp3) is 0.615. The molecule has 0 aromatic carbocycles. The van der Waals surface area contributed by atoms with Crippen LogP contribution < -0.4 is 10.6 Å². The number of carbonyl (C=O) groups excluding carboxylic acids is 1. The van der Waals surface area contributed by atoms with Crippen molar-refractivity contribution in [1.29, 1.82) is 0 Å². The highest BCUT2D eigenvalue weighted by Crippen LogP contribution is 2.12. The number of hydrogen-bond acceptors (Lipinski definition) is 3. The molecule has 94 valence electrons. The first kappa shape index (κ1) is 12.6. The lowest BCUT2D eigenvalue weighted by molar-refractivity contribution is -0.121. The number of amides is 1. The van der Waals surface area contributed by atoms with Gasteiger partial charge in [-0.1, -0.05) is 6.07 Å². The molecular formula is C13H20N2OS. The maximum absolute atomic E-state index is 11.6. The molecule has 1 aromatic rings. The normalized spacial score (nSPS) is 19.4. The van der Waals surface area contributed by atoms with E-state index < -0.39 is 0 Å². The first-order valence-corrected chi connectivity index (χ1v) is 7.22. The van der Waals surface area contributed by atoms with Gasteiger partial charge in [-0.2, -0.15) is 0 Å². The summed E-state index contributed by atoms with van der Waals surface area (Å²) in [7, 11) is 0. The van der Waals surface area contributed by atoms with Crippen LogP contribution in [0.4, 0.5) is 0 Å². The average molecular weight is 252 g/mol. The summed E-state index contributed by atoms with van der Waals surface area (Å²) in [5.74, 6) is 0.942. The van der Waals surface area contributed by atoms with E-state index in [1.165, 1.54) is 11.3 Å². The second kappa shape index (κ2) is 6.77. The first-order chi connectivity index (χ1) is 8.34. The van der Waals surface area contributed by atoms with Gasteiger partial charge in [0.25, 0.3) is 0 Å². The molecule has 0 aliphatic carbocycles. The molecule has 1 aliphatic heterocycles. The van der Waals surface area contributed by atoms with Crippen molar-refractivity contribution in [3.8, 4) is 0 Å². The van der Waals surface area contributed by atoms with Gasteiger partial charge in [-0.05, 0) is 49.7 Å². The summed E-state index contributed by atoms with van der Waals surface area (Å²) in [5.41, 5.74) is 0. The number of carbonyl (C=O) groups is 1. The third-order valence-corrected chi connectivity index (χ3v) is 4.15. The summed E-state index contributed by atoms with van der Waals surface area (Å²) >= 11 is 1.72. The van der Waals surface area contributed by atoms with E-state index in [4.69, 9.17) is 0 Å². The van der Waals surface area contributed by atoms with Crippen LogP contribution in [-0.2, 0) is 11.2 Å². The van der Waals surface area contributed by atoms with Gasteiger partial charge < -0.3 is 10.6 Å². The second-order valence-corrected chi connectivity index (χ2v) is 5.61. The monoisotopic (exact) mass is 252 g/mol. The Balaban J connectivity index is 1.54. The van der Waals surface area contributed by atoms with Crippen LogP contribution in [-0.4, -0.2) is 25.5 Å². The van der Waals surface area contributed by atoms with Crippen molar-refractivity contribution >= 4 is 17.2 Å². The highest BCUT2D eigenvalue weighted by Gasteiger charge is 2.13. The molecule has 17 heavy (non-hydrogen) atoms. The minimum Gasteiger partial charge on any atom is -0.356 e. The van der Waals surface area contributed by atoms with E-state index in [0.717, 1.165) is 38.4 Å². The zero-order valence-electron chi connectivity index (χ0n) is 10.1. The molecule has 2 heterocycles. The molecule has 0 spiro atoms. The number of aryl methyl sites for hydroxylation is 1. The molecule has 1 unspecified atom stereocenters. The van der Waals surface area contributed by atoms with Gasteiger partial charge >= 0.3 is 0 Å². The van der Waals surface area contributed by atoms with E-state index in [-0.39, 0.29) is 5.91 Å². The van der Waals surface area contributed by atoms with Crippen LogP contribution in [0, 0.1) is 5.92 Å². The molecule has 1 atom stereocenters. The van der Waals surface area contributed by atoms with Crippen molar-refractivity contribution in [3.63, 3.8) is 0 Å². The molecule has 1 aliphatic rings. The van der Waals surface area contributed by atoms with Gasteiger partial charge in [-0.15, -0.1) is 11.3 Å². The standard InChI is InChI=1S/C13H20N2OS/c16-13(4-3-12-2-1-9-17-12)15-8-6-11-5-7-14-10-11/h1-2,9,11,14H,3-8,10H2,(H,15,16). The molecule has 2 N–H and O–H groups in total. The predicted octanol–water partition coefficient (Wildman–Crippen LogP) is 1.80. The smallest absolute Gasteiger partial charge is 0.220 e. The lowest BCUT2D eigenvalue weighted by Gasteiger charge is -2.09. The molecule has 4 heteroatoms. The van der Waals surface area contributed by atoms with Crippen LogP contribution in [0.1, 0.15) is 24.1 Å². The van der Waals surface area contributed by atoms with Gasteiger partial charge in [0.15, 0.2) is 0 Å². The maximum Gasteiger partial charge on any atom is 0.220 e. The van der Waals surface area contributed by atoms with Crippen molar-refractivity contribution < 1.29 is 4.79 Å². The largest absolute Gasteiger partial charge is 0.356 e. The number of rotatable bonds is 6. The van der Waals surface area contributed by atoms with E-state index in [1.807, 2.05) is 6.07 Å². The Morgan fingerprint density at radius 1 is 1.59 bits per heavy atom. The Morgan fingerprint density at radius 2 is 2.53 bits per heavy atom. The molecule has 0 bridgehead atoms. The molecule has 0 saturated carbocycles. The summed E-state index contributed by atoms with van der Waals surface area (Å²) in [6.45, 7) is 3.08. The molecule has 2 rings (SSSR count). The van der Waals surface area contributed by atoms with Crippen LogP contribution in [0.2, 0.25) is 0 Å². The third-order valence-electron chi connectivity index (χ3n) is 3.22. The first-order valence-electron chi connectivity index (χ1n) is 6.34. The van der Waals surface area contributed by atoms with Gasteiger partial charge in [0.1, 0.15) is 0 Å². The topological polar surface area (TPSA) is 41.1 Å². The lowest BCUT2D eigenvalue weighted by Crippen LogP contribution is -2.26. The van der Waals surface area contributed by atoms with Crippen molar-refractivity contribution in [3.05, 3.63) is 22.4 Å². The summed E-state index contributed by atoms with van der Waals surface area (Å²) in [6.07, 6.45) is 3.85. The number of hydrogen-bond donors (Lipinski definition) is 2. The van der Waals surface area contributed by atoms with Gasteiger partial charge in [-0.3, -0.25) is 4.79 Å². The Kier molecular flexibility index (Phi) is 5.01. The van der Waals surface area contributed by atoms with Crippen LogP contribution in [0.3, 0.4) is 0 Å². The van der Waals surface area contributed by atoms with Gasteiger partial charge in [0, 0.05) is 17.8 Å². The lowest BCUT2D eigenvalue weighted by atomic mass is 10.1. The number of thiophene rings is 1. The van der Waals surface area contributed by atoms with Crippen molar-refractivity contribution in [2.75, 3.05) is 19.6 Å². The summed E-state index contributed by atoms with van der Waals surface area (Å²) in [5, 5.41) is 8.41. The van der Waals surface area contributed by atoms with Crippen molar-refractivity contribution in [2.45, 2.75) is 25.7 Å². The molecule has 1 saturated heterocycles. The predicted molar refractivity (Wildman–Crippen MR) is 71.2 cm³/mol. The quantitative estimate of drug-likeness (QED) is 0.810. The fourth-order valence-corrected chi connectivity index (χ4v) is 2.87. The van der Waals surface area contributed by atoms with Gasteiger partial charge in [0.05, 0.1) is 0 Å². The summed E-state index contributed by atoms with van der Waals surface area (Å²) in [6, 6.07) is 4.12. The molecular weight excluding hydrogens is 232 g/mol.